The molecule has 0 spiro atoms. The number of hydrogen-bond acceptors (Lipinski definition) is 5. The van der Waals surface area contributed by atoms with Gasteiger partial charge in [0, 0.05) is 27.4 Å². The largest absolute Gasteiger partial charge is 0.490 e. The van der Waals surface area contributed by atoms with E-state index in [0.29, 0.717) is 41.2 Å². The number of para-hydroxylation sites is 1. The summed E-state index contributed by atoms with van der Waals surface area (Å²) in [5, 5.41) is 4.49. The quantitative estimate of drug-likeness (QED) is 0.195. The molecule has 1 amide bonds. The zero-order valence-corrected chi connectivity index (χ0v) is 26.1. The van der Waals surface area contributed by atoms with Crippen LogP contribution < -0.4 is 14.8 Å². The van der Waals surface area contributed by atoms with E-state index in [4.69, 9.17) is 26.1 Å². The fourth-order valence-corrected chi connectivity index (χ4v) is 6.71. The molecule has 5 rings (SSSR count). The fraction of sp³-hybridized carbons (Fsp3) is 0.314. The Morgan fingerprint density at radius 2 is 1.81 bits per heavy atom. The van der Waals surface area contributed by atoms with E-state index in [0.717, 1.165) is 46.6 Å². The van der Waals surface area contributed by atoms with Crippen molar-refractivity contribution < 1.29 is 14.3 Å². The number of carbonyl (C=O) groups is 1. The molecule has 218 valence electrons. The Bertz CT molecular complexity index is 1570. The van der Waals surface area contributed by atoms with Gasteiger partial charge in [-0.2, -0.15) is 0 Å². The first-order valence-electron chi connectivity index (χ1n) is 14.4. The third kappa shape index (κ3) is 7.05. The van der Waals surface area contributed by atoms with Crippen LogP contribution in [0.3, 0.4) is 0 Å². The van der Waals surface area contributed by atoms with Crippen molar-refractivity contribution in [2.75, 3.05) is 11.9 Å². The number of halogens is 1. The summed E-state index contributed by atoms with van der Waals surface area (Å²) < 4.78 is 12.0. The van der Waals surface area contributed by atoms with Gasteiger partial charge in [0.25, 0.3) is 5.91 Å². The molecule has 1 aliphatic rings. The summed E-state index contributed by atoms with van der Waals surface area (Å²) in [6, 6.07) is 23.0. The van der Waals surface area contributed by atoms with Gasteiger partial charge in [-0.15, -0.1) is 11.3 Å². The molecule has 0 aliphatic heterocycles. The SMILES string of the molecule is CCOc1cc(C=Nc2sc3c(c2C(=O)Nc2ccccc2)CC[C@H](C(C)(C)C)C3)ccc1OCc1ccccc1Cl. The molecule has 1 aliphatic carbocycles. The molecule has 0 fully saturated rings. The van der Waals surface area contributed by atoms with Crippen LogP contribution in [0.2, 0.25) is 5.02 Å². The zero-order valence-electron chi connectivity index (χ0n) is 24.6. The van der Waals surface area contributed by atoms with Crippen LogP contribution in [0.4, 0.5) is 10.7 Å². The Labute approximate surface area is 257 Å². The zero-order chi connectivity index (χ0) is 29.7. The fourth-order valence-electron chi connectivity index (χ4n) is 5.25. The number of anilines is 1. The third-order valence-corrected chi connectivity index (χ3v) is 9.20. The number of hydrogen-bond donors (Lipinski definition) is 1. The van der Waals surface area contributed by atoms with E-state index < -0.39 is 0 Å². The Balaban J connectivity index is 1.43. The monoisotopic (exact) mass is 600 g/mol. The first-order chi connectivity index (χ1) is 20.2. The first-order valence-corrected chi connectivity index (χ1v) is 15.6. The van der Waals surface area contributed by atoms with Crippen molar-refractivity contribution in [1.82, 2.24) is 0 Å². The summed E-state index contributed by atoms with van der Waals surface area (Å²) >= 11 is 7.95. The molecular formula is C35H37ClN2O3S. The van der Waals surface area contributed by atoms with Crippen LogP contribution in [-0.4, -0.2) is 18.7 Å². The Morgan fingerprint density at radius 1 is 1.05 bits per heavy atom. The summed E-state index contributed by atoms with van der Waals surface area (Å²) in [5.41, 5.74) is 4.57. The van der Waals surface area contributed by atoms with Crippen LogP contribution in [-0.2, 0) is 19.4 Å². The molecule has 1 N–H and O–H groups in total. The maximum Gasteiger partial charge on any atom is 0.259 e. The standard InChI is InChI=1S/C35H37ClN2O3S/c1-5-40-30-19-23(15-18-29(30)41-22-24-11-9-10-14-28(24)36)21-37-34-32(33(39)38-26-12-7-6-8-13-26)27-17-16-25(35(2,3)4)20-31(27)42-34/h6-15,18-19,21,25H,5,16-17,20,22H2,1-4H3,(H,38,39)/t25-/m0/s1. The van der Waals surface area contributed by atoms with Crippen LogP contribution in [0.1, 0.15) is 66.0 Å². The van der Waals surface area contributed by atoms with Crippen molar-refractivity contribution in [2.24, 2.45) is 16.3 Å². The summed E-state index contributed by atoms with van der Waals surface area (Å²) in [4.78, 5) is 19.8. The molecule has 1 atom stereocenters. The highest BCUT2D eigenvalue weighted by Gasteiger charge is 2.33. The van der Waals surface area contributed by atoms with E-state index in [-0.39, 0.29) is 11.3 Å². The molecule has 4 aromatic rings. The average molecular weight is 601 g/mol. The van der Waals surface area contributed by atoms with Crippen molar-refractivity contribution >= 4 is 45.7 Å². The second kappa shape index (κ2) is 13.1. The van der Waals surface area contributed by atoms with Crippen LogP contribution in [0.5, 0.6) is 11.5 Å². The number of amides is 1. The molecule has 0 saturated heterocycles. The highest BCUT2D eigenvalue weighted by Crippen LogP contribution is 2.45. The normalized spacial score (nSPS) is 14.9. The molecule has 0 bridgehead atoms. The van der Waals surface area contributed by atoms with Gasteiger partial charge in [0.1, 0.15) is 11.6 Å². The van der Waals surface area contributed by atoms with Crippen molar-refractivity contribution in [3.8, 4) is 11.5 Å². The highest BCUT2D eigenvalue weighted by atomic mass is 35.5. The van der Waals surface area contributed by atoms with Crippen molar-refractivity contribution in [3.63, 3.8) is 0 Å². The van der Waals surface area contributed by atoms with Gasteiger partial charge in [-0.1, -0.05) is 68.8 Å². The van der Waals surface area contributed by atoms with Gasteiger partial charge in [0.2, 0.25) is 0 Å². The molecule has 0 radical (unpaired) electrons. The smallest absolute Gasteiger partial charge is 0.259 e. The van der Waals surface area contributed by atoms with Crippen molar-refractivity contribution in [2.45, 2.75) is 53.6 Å². The van der Waals surface area contributed by atoms with Crippen LogP contribution in [0, 0.1) is 11.3 Å². The number of nitrogens with one attached hydrogen (secondary N) is 1. The molecular weight excluding hydrogens is 564 g/mol. The maximum atomic E-state index is 13.6. The van der Waals surface area contributed by atoms with Crippen LogP contribution in [0.15, 0.2) is 77.8 Å². The first kappa shape index (κ1) is 29.9. The molecule has 3 aromatic carbocycles. The third-order valence-electron chi connectivity index (χ3n) is 7.67. The summed E-state index contributed by atoms with van der Waals surface area (Å²) in [6.07, 6.45) is 4.72. The second-order valence-electron chi connectivity index (χ2n) is 11.6. The predicted octanol–water partition coefficient (Wildman–Crippen LogP) is 9.53. The molecule has 7 heteroatoms. The second-order valence-corrected chi connectivity index (χ2v) is 13.1. The molecule has 0 unspecified atom stereocenters. The predicted molar refractivity (Wildman–Crippen MR) is 174 cm³/mol. The van der Waals surface area contributed by atoms with Crippen LogP contribution in [0.25, 0.3) is 0 Å². The van der Waals surface area contributed by atoms with E-state index in [9.17, 15) is 4.79 Å². The number of ether oxygens (including phenoxy) is 2. The molecule has 1 heterocycles. The topological polar surface area (TPSA) is 59.9 Å². The average Bonchev–Trinajstić information content (AvgIpc) is 3.34. The van der Waals surface area contributed by atoms with Gasteiger partial charge in [0.15, 0.2) is 11.5 Å². The van der Waals surface area contributed by atoms with Gasteiger partial charge in [-0.25, -0.2) is 4.99 Å². The molecule has 5 nitrogen and oxygen atoms in total. The lowest BCUT2D eigenvalue weighted by atomic mass is 9.72. The number of aliphatic imine (C=N–C) groups is 1. The van der Waals surface area contributed by atoms with E-state index in [1.54, 1.807) is 17.6 Å². The number of carbonyl (C=O) groups excluding carboxylic acids is 1. The molecule has 1 aromatic heterocycles. The van der Waals surface area contributed by atoms with E-state index >= 15 is 0 Å². The van der Waals surface area contributed by atoms with E-state index in [1.165, 1.54) is 4.88 Å². The number of fused-ring (bicyclic) bond motifs is 1. The lowest BCUT2D eigenvalue weighted by molar-refractivity contribution is 0.102. The van der Waals surface area contributed by atoms with Crippen molar-refractivity contribution in [1.29, 1.82) is 0 Å². The molecule has 0 saturated carbocycles. The lowest BCUT2D eigenvalue weighted by Crippen LogP contribution is -2.27. The Morgan fingerprint density at radius 3 is 2.55 bits per heavy atom. The van der Waals surface area contributed by atoms with Gasteiger partial charge in [0.05, 0.1) is 12.2 Å². The summed E-state index contributed by atoms with van der Waals surface area (Å²) in [7, 11) is 0. The summed E-state index contributed by atoms with van der Waals surface area (Å²) in [6.45, 7) is 9.68. The van der Waals surface area contributed by atoms with Gasteiger partial charge < -0.3 is 14.8 Å². The number of thiophene rings is 1. The Hall–Kier alpha value is -3.61. The number of nitrogens with zero attached hydrogens (tertiary/aromatic N) is 1. The van der Waals surface area contributed by atoms with Gasteiger partial charge in [-0.3, -0.25) is 4.79 Å². The number of rotatable bonds is 9. The van der Waals surface area contributed by atoms with Crippen LogP contribution >= 0.6 is 22.9 Å². The van der Waals surface area contributed by atoms with Gasteiger partial charge in [-0.05, 0) is 85.0 Å². The lowest BCUT2D eigenvalue weighted by Gasteiger charge is -2.33. The minimum absolute atomic E-state index is 0.113. The van der Waals surface area contributed by atoms with Gasteiger partial charge >= 0.3 is 0 Å². The maximum absolute atomic E-state index is 13.6. The minimum Gasteiger partial charge on any atom is -0.490 e. The Kier molecular flexibility index (Phi) is 9.34. The number of benzene rings is 3. The molecule has 42 heavy (non-hydrogen) atoms. The van der Waals surface area contributed by atoms with Crippen molar-refractivity contribution in [3.05, 3.63) is 105 Å². The minimum atomic E-state index is -0.113. The van der Waals surface area contributed by atoms with E-state index in [2.05, 4.69) is 26.1 Å². The van der Waals surface area contributed by atoms with E-state index in [1.807, 2.05) is 79.7 Å². The highest BCUT2D eigenvalue weighted by molar-refractivity contribution is 7.16. The summed E-state index contributed by atoms with van der Waals surface area (Å²) in [5.74, 6) is 1.72.